The van der Waals surface area contributed by atoms with E-state index in [-0.39, 0.29) is 6.42 Å². The second-order valence-corrected chi connectivity index (χ2v) is 6.79. The third-order valence-corrected chi connectivity index (χ3v) is 4.97. The molecule has 4 heterocycles. The molecule has 0 aromatic carbocycles. The molecule has 0 aliphatic carbocycles. The van der Waals surface area contributed by atoms with Crippen LogP contribution in [0, 0.1) is 0 Å². The maximum absolute atomic E-state index is 11.3. The Kier molecular flexibility index (Phi) is 5.84. The van der Waals surface area contributed by atoms with E-state index in [1.807, 2.05) is 0 Å². The molecule has 152 valence electrons. The molecule has 2 aliphatic rings. The lowest BCUT2D eigenvalue weighted by atomic mass is 10.3. The number of aromatic nitrogens is 4. The standard InChI is InChI=1S/C17H25N7O4/c25-14(21-26)2-1-3-24-16-13(12-18-24)15(22-4-8-27-9-5-22)19-17(20-16)23-6-10-28-11-7-23/h12,26H,1-11H2,(H,21,25). The summed E-state index contributed by atoms with van der Waals surface area (Å²) in [5.41, 5.74) is 2.41. The highest BCUT2D eigenvalue weighted by Crippen LogP contribution is 2.27. The molecular weight excluding hydrogens is 366 g/mol. The van der Waals surface area contributed by atoms with Crippen molar-refractivity contribution in [1.82, 2.24) is 25.2 Å². The van der Waals surface area contributed by atoms with Gasteiger partial charge in [0.2, 0.25) is 11.9 Å². The minimum Gasteiger partial charge on any atom is -0.378 e. The minimum atomic E-state index is -0.408. The summed E-state index contributed by atoms with van der Waals surface area (Å²) in [5.74, 6) is 1.13. The van der Waals surface area contributed by atoms with Gasteiger partial charge in [0.25, 0.3) is 0 Å². The van der Waals surface area contributed by atoms with Gasteiger partial charge >= 0.3 is 0 Å². The number of nitrogens with one attached hydrogen (secondary N) is 1. The number of morpholine rings is 2. The predicted octanol–water partition coefficient (Wildman–Crippen LogP) is -0.215. The monoisotopic (exact) mass is 391 g/mol. The van der Waals surface area contributed by atoms with Crippen molar-refractivity contribution in [3.63, 3.8) is 0 Å². The van der Waals surface area contributed by atoms with Crippen LogP contribution in [0.5, 0.6) is 0 Å². The molecule has 4 rings (SSSR count). The normalized spacial score (nSPS) is 17.9. The van der Waals surface area contributed by atoms with Gasteiger partial charge in [0.1, 0.15) is 5.82 Å². The van der Waals surface area contributed by atoms with Gasteiger partial charge in [-0.3, -0.25) is 10.0 Å². The van der Waals surface area contributed by atoms with Crippen LogP contribution in [0.2, 0.25) is 0 Å². The van der Waals surface area contributed by atoms with Crippen molar-refractivity contribution in [2.24, 2.45) is 0 Å². The fraction of sp³-hybridized carbons (Fsp3) is 0.647. The third-order valence-electron chi connectivity index (χ3n) is 4.97. The summed E-state index contributed by atoms with van der Waals surface area (Å²) in [6, 6.07) is 0. The summed E-state index contributed by atoms with van der Waals surface area (Å²) < 4.78 is 12.7. The van der Waals surface area contributed by atoms with Gasteiger partial charge in [0.05, 0.1) is 38.0 Å². The van der Waals surface area contributed by atoms with E-state index in [1.54, 1.807) is 16.4 Å². The molecule has 0 atom stereocenters. The first kappa shape index (κ1) is 18.8. The van der Waals surface area contributed by atoms with Crippen LogP contribution in [0.4, 0.5) is 11.8 Å². The number of ether oxygens (including phenoxy) is 2. The van der Waals surface area contributed by atoms with Crippen LogP contribution in [-0.4, -0.2) is 83.5 Å². The number of carbonyl (C=O) groups excluding carboxylic acids is 1. The van der Waals surface area contributed by atoms with Crippen LogP contribution in [0.3, 0.4) is 0 Å². The SMILES string of the molecule is O=C(CCCn1ncc2c(N3CCOCC3)nc(N3CCOCC3)nc21)NO. The van der Waals surface area contributed by atoms with E-state index in [4.69, 9.17) is 24.6 Å². The summed E-state index contributed by atoms with van der Waals surface area (Å²) in [4.78, 5) is 25.3. The molecule has 2 aromatic rings. The number of hydrogen-bond donors (Lipinski definition) is 2. The lowest BCUT2D eigenvalue weighted by Gasteiger charge is -2.31. The second-order valence-electron chi connectivity index (χ2n) is 6.79. The molecule has 28 heavy (non-hydrogen) atoms. The molecule has 0 spiro atoms. The Balaban J connectivity index is 1.66. The van der Waals surface area contributed by atoms with Crippen LogP contribution in [0.15, 0.2) is 6.20 Å². The zero-order valence-corrected chi connectivity index (χ0v) is 15.7. The van der Waals surface area contributed by atoms with E-state index < -0.39 is 5.91 Å². The first-order chi connectivity index (χ1) is 13.8. The van der Waals surface area contributed by atoms with Crippen LogP contribution in [-0.2, 0) is 20.8 Å². The van der Waals surface area contributed by atoms with Crippen LogP contribution in [0.25, 0.3) is 11.0 Å². The molecule has 0 radical (unpaired) electrons. The van der Waals surface area contributed by atoms with Crippen molar-refractivity contribution < 1.29 is 19.5 Å². The van der Waals surface area contributed by atoms with Crippen molar-refractivity contribution in [3.8, 4) is 0 Å². The van der Waals surface area contributed by atoms with Crippen molar-refractivity contribution in [2.75, 3.05) is 62.4 Å². The van der Waals surface area contributed by atoms with E-state index in [2.05, 4.69) is 14.9 Å². The van der Waals surface area contributed by atoms with Gasteiger partial charge in [-0.25, -0.2) is 10.2 Å². The number of rotatable bonds is 6. The Hall–Kier alpha value is -2.50. The highest BCUT2D eigenvalue weighted by Gasteiger charge is 2.23. The third kappa shape index (κ3) is 4.01. The number of fused-ring (bicyclic) bond motifs is 1. The molecule has 2 saturated heterocycles. The van der Waals surface area contributed by atoms with Gasteiger partial charge in [0, 0.05) is 39.1 Å². The number of amides is 1. The lowest BCUT2D eigenvalue weighted by Crippen LogP contribution is -2.39. The Morgan fingerprint density at radius 1 is 1.07 bits per heavy atom. The van der Waals surface area contributed by atoms with Crippen molar-refractivity contribution in [1.29, 1.82) is 0 Å². The largest absolute Gasteiger partial charge is 0.378 e. The van der Waals surface area contributed by atoms with Crippen molar-refractivity contribution >= 4 is 28.7 Å². The summed E-state index contributed by atoms with van der Waals surface area (Å²) in [7, 11) is 0. The van der Waals surface area contributed by atoms with Gasteiger partial charge in [0.15, 0.2) is 5.65 Å². The second kappa shape index (κ2) is 8.67. The molecule has 11 heteroatoms. The molecule has 0 unspecified atom stereocenters. The average Bonchev–Trinajstić information content (AvgIpc) is 3.17. The molecule has 2 fully saturated rings. The first-order valence-corrected chi connectivity index (χ1v) is 9.58. The number of aryl methyl sites for hydroxylation is 1. The highest BCUT2D eigenvalue weighted by molar-refractivity contribution is 5.88. The van der Waals surface area contributed by atoms with Gasteiger partial charge in [-0.1, -0.05) is 0 Å². The van der Waals surface area contributed by atoms with E-state index in [9.17, 15) is 4.79 Å². The molecule has 2 aromatic heterocycles. The van der Waals surface area contributed by atoms with Crippen LogP contribution in [0.1, 0.15) is 12.8 Å². The van der Waals surface area contributed by atoms with Crippen molar-refractivity contribution in [3.05, 3.63) is 6.20 Å². The lowest BCUT2D eigenvalue weighted by molar-refractivity contribution is -0.129. The first-order valence-electron chi connectivity index (χ1n) is 9.58. The van der Waals surface area contributed by atoms with E-state index in [1.165, 1.54) is 0 Å². The summed E-state index contributed by atoms with van der Waals surface area (Å²) >= 11 is 0. The Morgan fingerprint density at radius 3 is 2.43 bits per heavy atom. The Morgan fingerprint density at radius 2 is 1.75 bits per heavy atom. The molecule has 0 saturated carbocycles. The van der Waals surface area contributed by atoms with E-state index in [0.29, 0.717) is 45.3 Å². The number of hydrogen-bond acceptors (Lipinski definition) is 9. The fourth-order valence-electron chi connectivity index (χ4n) is 3.46. The van der Waals surface area contributed by atoms with Crippen molar-refractivity contribution in [2.45, 2.75) is 19.4 Å². The van der Waals surface area contributed by atoms with Crippen LogP contribution < -0.4 is 15.3 Å². The van der Waals surface area contributed by atoms with Gasteiger partial charge < -0.3 is 19.3 Å². The molecular formula is C17H25N7O4. The van der Waals surface area contributed by atoms with E-state index >= 15 is 0 Å². The van der Waals surface area contributed by atoms with Crippen LogP contribution >= 0.6 is 0 Å². The maximum Gasteiger partial charge on any atom is 0.243 e. The number of nitrogens with zero attached hydrogens (tertiary/aromatic N) is 6. The van der Waals surface area contributed by atoms with E-state index in [0.717, 1.165) is 43.0 Å². The molecule has 2 N–H and O–H groups in total. The molecule has 2 aliphatic heterocycles. The van der Waals surface area contributed by atoms with Gasteiger partial charge in [-0.05, 0) is 6.42 Å². The smallest absolute Gasteiger partial charge is 0.243 e. The molecule has 1 amide bonds. The fourth-order valence-corrected chi connectivity index (χ4v) is 3.46. The summed E-state index contributed by atoms with van der Waals surface area (Å²) in [6.07, 6.45) is 2.55. The van der Waals surface area contributed by atoms with Gasteiger partial charge in [-0.2, -0.15) is 15.1 Å². The zero-order chi connectivity index (χ0) is 19.3. The Bertz CT molecular complexity index is 815. The highest BCUT2D eigenvalue weighted by atomic mass is 16.5. The molecule has 11 nitrogen and oxygen atoms in total. The zero-order valence-electron chi connectivity index (χ0n) is 15.7. The molecule has 0 bridgehead atoms. The quantitative estimate of drug-likeness (QED) is 0.509. The number of carbonyl (C=O) groups is 1. The minimum absolute atomic E-state index is 0.218. The topological polar surface area (TPSA) is 118 Å². The number of anilines is 2. The Labute approximate surface area is 162 Å². The average molecular weight is 391 g/mol. The number of hydroxylamine groups is 1. The summed E-state index contributed by atoms with van der Waals surface area (Å²) in [5, 5.41) is 14.0. The maximum atomic E-state index is 11.3. The summed E-state index contributed by atoms with van der Waals surface area (Å²) in [6.45, 7) is 6.23. The van der Waals surface area contributed by atoms with Gasteiger partial charge in [-0.15, -0.1) is 0 Å². The predicted molar refractivity (Wildman–Crippen MR) is 101 cm³/mol.